The van der Waals surface area contributed by atoms with Gasteiger partial charge in [0.15, 0.2) is 0 Å². The molecule has 17 heavy (non-hydrogen) atoms. The van der Waals surface area contributed by atoms with Crippen molar-refractivity contribution in [3.05, 3.63) is 12.7 Å². The summed E-state index contributed by atoms with van der Waals surface area (Å²) in [6.45, 7) is 1.09. The van der Waals surface area contributed by atoms with Crippen LogP contribution in [0.15, 0.2) is 12.7 Å². The first kappa shape index (κ1) is 12.0. The summed E-state index contributed by atoms with van der Waals surface area (Å²) in [7, 11) is 0. The van der Waals surface area contributed by atoms with E-state index in [9.17, 15) is 4.79 Å². The second-order valence-corrected chi connectivity index (χ2v) is 4.65. The third kappa shape index (κ3) is 3.03. The minimum Gasteiger partial charge on any atom is -0.349 e. The van der Waals surface area contributed by atoms with Gasteiger partial charge in [-0.1, -0.05) is 12.8 Å². The Kier molecular flexibility index (Phi) is 3.73. The predicted molar refractivity (Wildman–Crippen MR) is 63.0 cm³/mol. The maximum absolute atomic E-state index is 11.8. The lowest BCUT2D eigenvalue weighted by Crippen LogP contribution is -2.51. The Bertz CT molecular complexity index is 356. The van der Waals surface area contributed by atoms with E-state index in [1.807, 2.05) is 0 Å². The van der Waals surface area contributed by atoms with Crippen LogP contribution in [0.5, 0.6) is 0 Å². The van der Waals surface area contributed by atoms with Crippen molar-refractivity contribution in [1.29, 1.82) is 0 Å². The number of hydrogen-bond acceptors (Lipinski definition) is 4. The molecule has 1 saturated carbocycles. The number of amides is 1. The lowest BCUT2D eigenvalue weighted by atomic mass is 9.97. The van der Waals surface area contributed by atoms with Crippen LogP contribution in [-0.4, -0.2) is 32.8 Å². The maximum atomic E-state index is 11.8. The summed E-state index contributed by atoms with van der Waals surface area (Å²) in [5, 5.41) is 7.04. The van der Waals surface area contributed by atoms with Gasteiger partial charge in [-0.3, -0.25) is 9.48 Å². The number of aryl methyl sites for hydroxylation is 1. The highest BCUT2D eigenvalue weighted by Crippen LogP contribution is 2.28. The first-order valence-corrected chi connectivity index (χ1v) is 6.08. The van der Waals surface area contributed by atoms with Crippen molar-refractivity contribution in [2.24, 2.45) is 5.73 Å². The van der Waals surface area contributed by atoms with Gasteiger partial charge in [0.05, 0.1) is 12.1 Å². The van der Waals surface area contributed by atoms with E-state index in [0.717, 1.165) is 25.7 Å². The zero-order chi connectivity index (χ0) is 12.1. The standard InChI is InChI=1S/C11H19N5O/c12-7-11(4-1-2-5-11)15-10(17)3-6-16-9-13-8-14-16/h8-9H,1-7,12H2,(H,15,17). The Morgan fingerprint density at radius 3 is 2.82 bits per heavy atom. The number of nitrogens with zero attached hydrogens (tertiary/aromatic N) is 3. The second-order valence-electron chi connectivity index (χ2n) is 4.65. The second kappa shape index (κ2) is 5.27. The van der Waals surface area contributed by atoms with Gasteiger partial charge in [-0.2, -0.15) is 5.10 Å². The fraction of sp³-hybridized carbons (Fsp3) is 0.727. The molecule has 1 aliphatic rings. The third-order valence-corrected chi connectivity index (χ3v) is 3.39. The van der Waals surface area contributed by atoms with Crippen LogP contribution in [0.1, 0.15) is 32.1 Å². The van der Waals surface area contributed by atoms with E-state index in [2.05, 4.69) is 15.4 Å². The smallest absolute Gasteiger partial charge is 0.222 e. The monoisotopic (exact) mass is 237 g/mol. The van der Waals surface area contributed by atoms with Crippen molar-refractivity contribution in [3.63, 3.8) is 0 Å². The van der Waals surface area contributed by atoms with Crippen molar-refractivity contribution < 1.29 is 4.79 Å². The molecule has 1 amide bonds. The zero-order valence-corrected chi connectivity index (χ0v) is 9.93. The molecule has 2 rings (SSSR count). The van der Waals surface area contributed by atoms with Crippen LogP contribution in [0.25, 0.3) is 0 Å². The van der Waals surface area contributed by atoms with Gasteiger partial charge in [0.2, 0.25) is 5.91 Å². The summed E-state index contributed by atoms with van der Waals surface area (Å²) in [6, 6.07) is 0. The van der Waals surface area contributed by atoms with Gasteiger partial charge in [-0.05, 0) is 12.8 Å². The van der Waals surface area contributed by atoms with Crippen LogP contribution < -0.4 is 11.1 Å². The van der Waals surface area contributed by atoms with Crippen molar-refractivity contribution in [1.82, 2.24) is 20.1 Å². The van der Waals surface area contributed by atoms with Crippen molar-refractivity contribution in [3.8, 4) is 0 Å². The van der Waals surface area contributed by atoms with Crippen LogP contribution in [0.3, 0.4) is 0 Å². The van der Waals surface area contributed by atoms with Crippen LogP contribution in [0, 0.1) is 0 Å². The molecule has 0 unspecified atom stereocenters. The number of carbonyl (C=O) groups is 1. The topological polar surface area (TPSA) is 85.8 Å². The maximum Gasteiger partial charge on any atom is 0.222 e. The number of rotatable bonds is 5. The highest BCUT2D eigenvalue weighted by atomic mass is 16.1. The van der Waals surface area contributed by atoms with E-state index in [-0.39, 0.29) is 11.4 Å². The molecule has 0 atom stereocenters. The van der Waals surface area contributed by atoms with Crippen LogP contribution in [-0.2, 0) is 11.3 Å². The normalized spacial score (nSPS) is 18.2. The molecule has 1 aliphatic carbocycles. The average molecular weight is 237 g/mol. The van der Waals surface area contributed by atoms with E-state index in [1.54, 1.807) is 11.0 Å². The molecule has 6 heteroatoms. The molecule has 94 valence electrons. The predicted octanol–water partition coefficient (Wildman–Crippen LogP) is 0.0559. The van der Waals surface area contributed by atoms with Crippen LogP contribution >= 0.6 is 0 Å². The van der Waals surface area contributed by atoms with Gasteiger partial charge in [0, 0.05) is 13.0 Å². The first-order valence-electron chi connectivity index (χ1n) is 6.08. The van der Waals surface area contributed by atoms with Gasteiger partial charge in [-0.25, -0.2) is 4.98 Å². The summed E-state index contributed by atoms with van der Waals surface area (Å²) in [5.74, 6) is 0.0489. The molecule has 0 bridgehead atoms. The Labute approximate surface area is 101 Å². The largest absolute Gasteiger partial charge is 0.349 e. The molecular weight excluding hydrogens is 218 g/mol. The Morgan fingerprint density at radius 2 is 2.24 bits per heavy atom. The number of carbonyl (C=O) groups excluding carboxylic acids is 1. The van der Waals surface area contributed by atoms with Gasteiger partial charge in [-0.15, -0.1) is 0 Å². The van der Waals surface area contributed by atoms with E-state index in [0.29, 0.717) is 19.5 Å². The van der Waals surface area contributed by atoms with E-state index >= 15 is 0 Å². The zero-order valence-electron chi connectivity index (χ0n) is 9.93. The molecule has 1 aromatic rings. The molecule has 1 fully saturated rings. The molecule has 3 N–H and O–H groups in total. The molecule has 0 aliphatic heterocycles. The molecule has 6 nitrogen and oxygen atoms in total. The van der Waals surface area contributed by atoms with Crippen LogP contribution in [0.4, 0.5) is 0 Å². The van der Waals surface area contributed by atoms with Gasteiger partial charge in [0.1, 0.15) is 12.7 Å². The highest BCUT2D eigenvalue weighted by molar-refractivity contribution is 5.76. The quantitative estimate of drug-likeness (QED) is 0.758. The third-order valence-electron chi connectivity index (χ3n) is 3.39. The van der Waals surface area contributed by atoms with Gasteiger partial charge < -0.3 is 11.1 Å². The van der Waals surface area contributed by atoms with Crippen molar-refractivity contribution >= 4 is 5.91 Å². The summed E-state index contributed by atoms with van der Waals surface area (Å²) in [5.41, 5.74) is 5.61. The Morgan fingerprint density at radius 1 is 1.47 bits per heavy atom. The molecule has 1 aromatic heterocycles. The molecule has 0 spiro atoms. The molecule has 0 saturated heterocycles. The van der Waals surface area contributed by atoms with Crippen molar-refractivity contribution in [2.75, 3.05) is 6.54 Å². The first-order chi connectivity index (χ1) is 8.24. The minimum absolute atomic E-state index is 0.0489. The lowest BCUT2D eigenvalue weighted by molar-refractivity contribution is -0.123. The van der Waals surface area contributed by atoms with Crippen LogP contribution in [0.2, 0.25) is 0 Å². The van der Waals surface area contributed by atoms with E-state index < -0.39 is 0 Å². The summed E-state index contributed by atoms with van der Waals surface area (Å²) in [4.78, 5) is 15.7. The lowest BCUT2D eigenvalue weighted by Gasteiger charge is -2.28. The SMILES string of the molecule is NCC1(NC(=O)CCn2cncn2)CCCC1. The highest BCUT2D eigenvalue weighted by Gasteiger charge is 2.33. The average Bonchev–Trinajstić information content (AvgIpc) is 2.98. The molecular formula is C11H19N5O. The Hall–Kier alpha value is -1.43. The van der Waals surface area contributed by atoms with Gasteiger partial charge in [0.25, 0.3) is 0 Å². The number of nitrogens with one attached hydrogen (secondary N) is 1. The van der Waals surface area contributed by atoms with Gasteiger partial charge >= 0.3 is 0 Å². The number of nitrogens with two attached hydrogens (primary N) is 1. The van der Waals surface area contributed by atoms with E-state index in [1.165, 1.54) is 6.33 Å². The fourth-order valence-electron chi connectivity index (χ4n) is 2.35. The summed E-state index contributed by atoms with van der Waals surface area (Å²) < 4.78 is 1.66. The summed E-state index contributed by atoms with van der Waals surface area (Å²) >= 11 is 0. The minimum atomic E-state index is -0.153. The number of aromatic nitrogens is 3. The molecule has 0 aromatic carbocycles. The van der Waals surface area contributed by atoms with E-state index in [4.69, 9.17) is 5.73 Å². The van der Waals surface area contributed by atoms with Crippen molar-refractivity contribution in [2.45, 2.75) is 44.2 Å². The molecule has 0 radical (unpaired) electrons. The molecule has 1 heterocycles. The Balaban J connectivity index is 1.80. The summed E-state index contributed by atoms with van der Waals surface area (Å²) in [6.07, 6.45) is 7.81. The fourth-order valence-corrected chi connectivity index (χ4v) is 2.35. The number of hydrogen-bond donors (Lipinski definition) is 2.